The maximum atomic E-state index is 12.6. The average molecular weight is 640 g/mol. The molecule has 42 heavy (non-hydrogen) atoms. The van der Waals surface area contributed by atoms with Crippen LogP contribution in [0.25, 0.3) is 0 Å². The predicted molar refractivity (Wildman–Crippen MR) is 141 cm³/mol. The summed E-state index contributed by atoms with van der Waals surface area (Å²) >= 11 is 0. The molecule has 0 aromatic rings. The van der Waals surface area contributed by atoms with E-state index in [1.807, 2.05) is 0 Å². The van der Waals surface area contributed by atoms with Gasteiger partial charge < -0.3 is 80.9 Å². The first-order valence-corrected chi connectivity index (χ1v) is 13.4. The van der Waals surface area contributed by atoms with E-state index in [9.17, 15) is 61.0 Å². The minimum atomic E-state index is -2.57. The Bertz CT molecular complexity index is 842. The van der Waals surface area contributed by atoms with Gasteiger partial charge >= 0.3 is 0 Å². The number of ether oxygens (including phenoxy) is 4. The second kappa shape index (κ2) is 16.1. The molecule has 0 spiro atoms. The maximum Gasteiger partial charge on any atom is 0.186 e. The molecule has 2 saturated heterocycles. The van der Waals surface area contributed by atoms with Crippen LogP contribution in [-0.4, -0.2) is 173 Å². The van der Waals surface area contributed by atoms with Gasteiger partial charge in [-0.05, 0) is 19.8 Å². The fraction of sp³-hybridized carbons (Fsp3) is 0.958. The highest BCUT2D eigenvalue weighted by Crippen LogP contribution is 2.36. The van der Waals surface area contributed by atoms with E-state index in [0.717, 1.165) is 0 Å². The van der Waals surface area contributed by atoms with E-state index in [2.05, 4.69) is 0 Å². The number of aliphatic hydroxyl groups is 11. The summed E-state index contributed by atoms with van der Waals surface area (Å²) < 4.78 is 21.3. The van der Waals surface area contributed by atoms with Crippen LogP contribution in [-0.2, 0) is 23.7 Å². The largest absolute Gasteiger partial charge is 0.394 e. The molecular weight excluding hydrogens is 594 g/mol. The van der Waals surface area contributed by atoms with Crippen molar-refractivity contribution in [3.05, 3.63) is 0 Å². The van der Waals surface area contributed by atoms with Crippen molar-refractivity contribution in [1.82, 2.24) is 0 Å². The number of carbonyl (C=O) groups excluding carboxylic acids is 1. The molecule has 18 heteroatoms. The van der Waals surface area contributed by atoms with E-state index in [-0.39, 0.29) is 18.8 Å². The third kappa shape index (κ3) is 7.75. The van der Waals surface area contributed by atoms with E-state index in [1.54, 1.807) is 0 Å². The Morgan fingerprint density at radius 1 is 0.833 bits per heavy atom. The Labute approximate surface area is 248 Å². The molecule has 2 aliphatic rings. The fourth-order valence-electron chi connectivity index (χ4n) is 5.01. The zero-order valence-corrected chi connectivity index (χ0v) is 24.3. The number of rotatable bonds is 14. The summed E-state index contributed by atoms with van der Waals surface area (Å²) in [6.45, 7) is 1.81. The second-order valence-corrected chi connectivity index (χ2v) is 10.5. The van der Waals surface area contributed by atoms with Crippen molar-refractivity contribution < 1.29 is 79.9 Å². The maximum absolute atomic E-state index is 12.6. The monoisotopic (exact) mass is 639 g/mol. The van der Waals surface area contributed by atoms with E-state index in [0.29, 0.717) is 0 Å². The fourth-order valence-corrected chi connectivity index (χ4v) is 5.01. The van der Waals surface area contributed by atoms with Crippen LogP contribution in [0.4, 0.5) is 0 Å². The van der Waals surface area contributed by atoms with Crippen molar-refractivity contribution in [3.63, 3.8) is 0 Å². The van der Waals surface area contributed by atoms with Gasteiger partial charge in [0.15, 0.2) is 24.0 Å². The van der Waals surface area contributed by atoms with Gasteiger partial charge in [-0.1, -0.05) is 13.8 Å². The molecule has 0 bridgehead atoms. The topological polar surface area (TPSA) is 303 Å². The van der Waals surface area contributed by atoms with Crippen LogP contribution in [0.15, 0.2) is 0 Å². The van der Waals surface area contributed by atoms with Crippen LogP contribution in [0.5, 0.6) is 0 Å². The Kier molecular flexibility index (Phi) is 15.0. The molecule has 0 saturated carbocycles. The molecule has 0 radical (unpaired) electrons. The van der Waals surface area contributed by atoms with Gasteiger partial charge in [0, 0.05) is 0 Å². The number of nitrogens with two attached hydrogens (primary N) is 1. The van der Waals surface area contributed by atoms with Gasteiger partial charge in [0.2, 0.25) is 0 Å². The number of aliphatic hydroxyl groups excluding tert-OH is 9. The summed E-state index contributed by atoms with van der Waals surface area (Å²) in [5.74, 6) is -0.970. The zero-order valence-electron chi connectivity index (χ0n) is 23.5. The number of Topliss-reactive ketones (excluding diaryl/α,β-unsaturated/α-hetero) is 1. The molecule has 0 amide bonds. The first-order valence-electron chi connectivity index (χ1n) is 13.4. The van der Waals surface area contributed by atoms with Crippen LogP contribution in [0.3, 0.4) is 0 Å². The lowest BCUT2D eigenvalue weighted by Crippen LogP contribution is -2.69. The number of hydrogen-bond donors (Lipinski definition) is 12. The van der Waals surface area contributed by atoms with Crippen molar-refractivity contribution in [3.8, 4) is 0 Å². The highest BCUT2D eigenvalue weighted by Gasteiger charge is 2.58. The van der Waals surface area contributed by atoms with Crippen molar-refractivity contribution in [1.29, 1.82) is 0 Å². The lowest BCUT2D eigenvalue weighted by atomic mass is 9.70. The number of ketones is 1. The SMILES string of the molecule is CC[C@](O)(C(=O)C(C)N)[C@](O)(CC)[C@H](O)[C@H](O)CO[C@H]1O[C@H](CO[C@H]2O[C@H](CO)[C@@H](O)[C@H](O)[C@H]2O)[C@@H](O)[C@H](O)[C@H]1O.Cl. The second-order valence-electron chi connectivity index (χ2n) is 10.5. The minimum absolute atomic E-state index is 0. The van der Waals surface area contributed by atoms with Crippen LogP contribution in [0.2, 0.25) is 0 Å². The number of hydrogen-bond acceptors (Lipinski definition) is 17. The molecule has 0 aromatic carbocycles. The Hall–Kier alpha value is -0.680. The standard InChI is InChI=1S/C24H45NO16.ClH/c1-4-23(36,19(34)9(3)25)24(37,5-2)20(35)10(27)7-38-21-18(33)16(31)14(29)12(41-21)8-39-22-17(32)15(30)13(28)11(6-26)40-22;/h9-18,20-22,26-33,35-37H,4-8,25H2,1-3H3;1H/t9?,10-,11-,12-,13-,14-,15+,16+,17-,18-,20-,21+,22+,23+,24+;/m1./s1. The Morgan fingerprint density at radius 3 is 1.76 bits per heavy atom. The lowest BCUT2D eigenvalue weighted by molar-refractivity contribution is -0.334. The summed E-state index contributed by atoms with van der Waals surface area (Å²) in [4.78, 5) is 12.6. The molecule has 2 aliphatic heterocycles. The van der Waals surface area contributed by atoms with Crippen molar-refractivity contribution in [2.75, 3.05) is 19.8 Å². The summed E-state index contributed by atoms with van der Waals surface area (Å²) in [7, 11) is 0. The molecular formula is C24H46ClNO16. The highest BCUT2D eigenvalue weighted by molar-refractivity contribution is 5.92. The molecule has 0 aliphatic carbocycles. The van der Waals surface area contributed by atoms with Gasteiger partial charge in [0.1, 0.15) is 66.6 Å². The van der Waals surface area contributed by atoms with Gasteiger partial charge in [0.05, 0.1) is 25.9 Å². The Balaban J connectivity index is 0.00000882. The molecule has 15 atom stereocenters. The summed E-state index contributed by atoms with van der Waals surface area (Å²) in [5, 5.41) is 114. The van der Waals surface area contributed by atoms with E-state index >= 15 is 0 Å². The molecule has 1 unspecified atom stereocenters. The quantitative estimate of drug-likeness (QED) is 0.0841. The van der Waals surface area contributed by atoms with E-state index in [4.69, 9.17) is 24.7 Å². The first kappa shape index (κ1) is 39.3. The number of halogens is 1. The van der Waals surface area contributed by atoms with Crippen LogP contribution in [0, 0.1) is 0 Å². The average Bonchev–Trinajstić information content (AvgIpc) is 2.96. The molecule has 2 rings (SSSR count). The molecule has 250 valence electrons. The predicted octanol–water partition coefficient (Wildman–Crippen LogP) is -6.03. The molecule has 17 nitrogen and oxygen atoms in total. The van der Waals surface area contributed by atoms with Crippen LogP contribution in [0.1, 0.15) is 33.6 Å². The minimum Gasteiger partial charge on any atom is -0.394 e. The van der Waals surface area contributed by atoms with Gasteiger partial charge in [0.25, 0.3) is 0 Å². The lowest BCUT2D eigenvalue weighted by Gasteiger charge is -2.46. The van der Waals surface area contributed by atoms with E-state index in [1.165, 1.54) is 20.8 Å². The molecule has 13 N–H and O–H groups in total. The van der Waals surface area contributed by atoms with Crippen molar-refractivity contribution in [2.45, 2.75) is 124 Å². The highest BCUT2D eigenvalue weighted by atomic mass is 35.5. The van der Waals surface area contributed by atoms with Crippen LogP contribution >= 0.6 is 12.4 Å². The summed E-state index contributed by atoms with van der Waals surface area (Å²) in [6, 6.07) is -1.21. The molecule has 2 fully saturated rings. The van der Waals surface area contributed by atoms with E-state index < -0.39 is 123 Å². The summed E-state index contributed by atoms with van der Waals surface area (Å²) in [6.07, 6.45) is -21.6. The van der Waals surface area contributed by atoms with Crippen LogP contribution < -0.4 is 5.73 Å². The van der Waals surface area contributed by atoms with Gasteiger partial charge in [-0.25, -0.2) is 0 Å². The van der Waals surface area contributed by atoms with Crippen molar-refractivity contribution in [2.24, 2.45) is 5.73 Å². The molecule has 2 heterocycles. The first-order chi connectivity index (χ1) is 19.0. The molecule has 0 aromatic heterocycles. The van der Waals surface area contributed by atoms with Gasteiger partial charge in [-0.2, -0.15) is 0 Å². The zero-order chi connectivity index (χ0) is 31.4. The third-order valence-corrected chi connectivity index (χ3v) is 7.81. The Morgan fingerprint density at radius 2 is 1.31 bits per heavy atom. The van der Waals surface area contributed by atoms with Gasteiger partial charge in [-0.3, -0.25) is 4.79 Å². The summed E-state index contributed by atoms with van der Waals surface area (Å²) in [5.41, 5.74) is 0.488. The number of carbonyl (C=O) groups is 1. The van der Waals surface area contributed by atoms with Crippen molar-refractivity contribution >= 4 is 18.2 Å². The van der Waals surface area contributed by atoms with Gasteiger partial charge in [-0.15, -0.1) is 12.4 Å². The smallest absolute Gasteiger partial charge is 0.186 e. The third-order valence-electron chi connectivity index (χ3n) is 7.81. The normalized spacial score (nSPS) is 38.8.